The monoisotopic (exact) mass is 239 g/mol. The molecule has 0 aromatic heterocycles. The van der Waals surface area contributed by atoms with Crippen LogP contribution in [0, 0.1) is 0 Å². The fourth-order valence-electron chi connectivity index (χ4n) is 2.19. The van der Waals surface area contributed by atoms with Gasteiger partial charge in [0.1, 0.15) is 0 Å². The summed E-state index contributed by atoms with van der Waals surface area (Å²) in [5, 5.41) is 1.31. The molecule has 0 aliphatic heterocycles. The molecule has 15 heavy (non-hydrogen) atoms. The molecule has 1 aliphatic rings. The predicted octanol–water partition coefficient (Wildman–Crippen LogP) is 2.28. The molecular weight excluding hydrogens is 222 g/mol. The van der Waals surface area contributed by atoms with Gasteiger partial charge in [0.25, 0.3) is 0 Å². The van der Waals surface area contributed by atoms with Gasteiger partial charge in [0.2, 0.25) is 8.27 Å². The Morgan fingerprint density at radius 2 is 1.73 bits per heavy atom. The van der Waals surface area contributed by atoms with Crippen LogP contribution in [-0.2, 0) is 0 Å². The molecule has 1 N–H and O–H groups in total. The summed E-state index contributed by atoms with van der Waals surface area (Å²) in [5.74, 6) is 0. The maximum atomic E-state index is 6.47. The normalized spacial score (nSPS) is 20.1. The van der Waals surface area contributed by atoms with Gasteiger partial charge >= 0.3 is 0 Å². The molecule has 1 saturated carbocycles. The van der Waals surface area contributed by atoms with E-state index in [0.29, 0.717) is 6.04 Å². The molecule has 0 saturated heterocycles. The summed E-state index contributed by atoms with van der Waals surface area (Å²) in [6, 6.07) is 11.1. The van der Waals surface area contributed by atoms with Crippen LogP contribution in [0.3, 0.4) is 0 Å². The number of hydrogen-bond acceptors (Lipinski definition) is 1. The van der Waals surface area contributed by atoms with Gasteiger partial charge in [0.05, 0.1) is 0 Å². The maximum Gasteiger partial charge on any atom is 0.242 e. The molecule has 1 atom stereocenters. The van der Waals surface area contributed by atoms with Gasteiger partial charge in [-0.05, 0) is 18.0 Å². The summed E-state index contributed by atoms with van der Waals surface area (Å²) in [6.07, 6.45) is 6.75. The minimum Gasteiger partial charge on any atom is -0.322 e. The summed E-state index contributed by atoms with van der Waals surface area (Å²) in [7, 11) is -1.41. The Bertz CT molecular complexity index is 285. The van der Waals surface area contributed by atoms with E-state index in [9.17, 15) is 0 Å². The molecule has 1 aromatic rings. The Morgan fingerprint density at radius 3 is 2.40 bits per heavy atom. The van der Waals surface area contributed by atoms with Crippen molar-refractivity contribution >= 4 is 24.5 Å². The topological polar surface area (TPSA) is 12.0 Å². The van der Waals surface area contributed by atoms with E-state index in [1.54, 1.807) is 0 Å². The van der Waals surface area contributed by atoms with Gasteiger partial charge in [0.15, 0.2) is 0 Å². The summed E-state index contributed by atoms with van der Waals surface area (Å²) < 4.78 is 0. The lowest BCUT2D eigenvalue weighted by atomic mass is 9.96. The van der Waals surface area contributed by atoms with Gasteiger partial charge < -0.3 is 4.98 Å². The average Bonchev–Trinajstić information content (AvgIpc) is 2.31. The van der Waals surface area contributed by atoms with Gasteiger partial charge in [-0.1, -0.05) is 49.6 Å². The van der Waals surface area contributed by atoms with E-state index in [0.717, 1.165) is 0 Å². The van der Waals surface area contributed by atoms with Crippen LogP contribution in [-0.4, -0.2) is 14.3 Å². The second-order valence-electron chi connectivity index (χ2n) is 4.27. The highest BCUT2D eigenvalue weighted by molar-refractivity contribution is 7.12. The second kappa shape index (κ2) is 5.68. The second-order valence-corrected chi connectivity index (χ2v) is 7.31. The molecule has 82 valence electrons. The van der Waals surface area contributed by atoms with Crippen molar-refractivity contribution in [2.45, 2.75) is 38.1 Å². The fraction of sp³-hybridized carbons (Fsp3) is 0.500. The summed E-state index contributed by atoms with van der Waals surface area (Å²) in [6.45, 7) is 0. The maximum absolute atomic E-state index is 6.47. The molecule has 0 heterocycles. The lowest BCUT2D eigenvalue weighted by Gasteiger charge is -2.25. The molecule has 2 rings (SSSR count). The van der Waals surface area contributed by atoms with E-state index in [-0.39, 0.29) is 0 Å². The van der Waals surface area contributed by atoms with Crippen molar-refractivity contribution in [3.63, 3.8) is 0 Å². The Labute approximate surface area is 98.2 Å². The number of hydrogen-bond donors (Lipinski definition) is 1. The molecule has 3 heteroatoms. The molecular formula is C12H18ClNSi. The number of nitrogens with one attached hydrogen (secondary N) is 1. The molecule has 1 nitrogen and oxygen atoms in total. The van der Waals surface area contributed by atoms with E-state index in [1.807, 2.05) is 6.07 Å². The highest BCUT2D eigenvalue weighted by Gasteiger charge is 2.18. The fourth-order valence-corrected chi connectivity index (χ4v) is 4.67. The number of halogens is 1. The number of rotatable bonds is 3. The molecule has 1 fully saturated rings. The smallest absolute Gasteiger partial charge is 0.242 e. The number of benzene rings is 1. The zero-order chi connectivity index (χ0) is 10.5. The average molecular weight is 240 g/mol. The molecule has 0 radical (unpaired) electrons. The SMILES string of the molecule is Cl[SiH](NC1CCCCC1)c1ccccc1. The van der Waals surface area contributed by atoms with Gasteiger partial charge in [-0.3, -0.25) is 0 Å². The van der Waals surface area contributed by atoms with E-state index < -0.39 is 8.27 Å². The quantitative estimate of drug-likeness (QED) is 0.631. The minimum atomic E-state index is -1.41. The lowest BCUT2D eigenvalue weighted by Crippen LogP contribution is -2.46. The molecule has 0 bridgehead atoms. The van der Waals surface area contributed by atoms with Gasteiger partial charge in [-0.25, -0.2) is 0 Å². The Morgan fingerprint density at radius 1 is 1.07 bits per heavy atom. The summed E-state index contributed by atoms with van der Waals surface area (Å²) in [4.78, 5) is 3.64. The van der Waals surface area contributed by atoms with Crippen molar-refractivity contribution in [3.8, 4) is 0 Å². The molecule has 1 aromatic carbocycles. The largest absolute Gasteiger partial charge is 0.322 e. The molecule has 0 spiro atoms. The van der Waals surface area contributed by atoms with Crippen LogP contribution in [0.2, 0.25) is 0 Å². The molecule has 1 aliphatic carbocycles. The van der Waals surface area contributed by atoms with Crippen LogP contribution in [0.1, 0.15) is 32.1 Å². The van der Waals surface area contributed by atoms with Crippen molar-refractivity contribution in [3.05, 3.63) is 30.3 Å². The van der Waals surface area contributed by atoms with Crippen molar-refractivity contribution in [2.75, 3.05) is 0 Å². The highest BCUT2D eigenvalue weighted by atomic mass is 35.6. The first-order valence-corrected chi connectivity index (χ1v) is 8.71. The van der Waals surface area contributed by atoms with Crippen molar-refractivity contribution in [2.24, 2.45) is 0 Å². The third-order valence-corrected chi connectivity index (χ3v) is 5.95. The zero-order valence-corrected chi connectivity index (χ0v) is 10.9. The van der Waals surface area contributed by atoms with Crippen LogP contribution >= 0.6 is 11.1 Å². The van der Waals surface area contributed by atoms with Gasteiger partial charge in [-0.15, -0.1) is 11.1 Å². The van der Waals surface area contributed by atoms with E-state index in [1.165, 1.54) is 37.3 Å². The van der Waals surface area contributed by atoms with Crippen molar-refractivity contribution in [1.29, 1.82) is 0 Å². The van der Waals surface area contributed by atoms with Gasteiger partial charge in [0, 0.05) is 6.04 Å². The minimum absolute atomic E-state index is 0.674. The standard InChI is InChI=1S/C12H18ClNSi/c13-15(12-9-5-2-6-10-12)14-11-7-3-1-4-8-11/h2,5-6,9-11,14-15H,1,3-4,7-8H2. The van der Waals surface area contributed by atoms with E-state index in [4.69, 9.17) is 11.1 Å². The van der Waals surface area contributed by atoms with Crippen molar-refractivity contribution < 1.29 is 0 Å². The predicted molar refractivity (Wildman–Crippen MR) is 69.1 cm³/mol. The third-order valence-electron chi connectivity index (χ3n) is 3.08. The first-order valence-electron chi connectivity index (χ1n) is 5.81. The lowest BCUT2D eigenvalue weighted by molar-refractivity contribution is 0.418. The summed E-state index contributed by atoms with van der Waals surface area (Å²) >= 11 is 6.47. The first kappa shape index (κ1) is 11.2. The Balaban J connectivity index is 1.88. The summed E-state index contributed by atoms with van der Waals surface area (Å²) in [5.41, 5.74) is 0. The van der Waals surface area contributed by atoms with Crippen LogP contribution in [0.4, 0.5) is 0 Å². The molecule has 1 unspecified atom stereocenters. The van der Waals surface area contributed by atoms with Crippen LogP contribution in [0.25, 0.3) is 0 Å². The first-order chi connectivity index (χ1) is 7.36. The highest BCUT2D eigenvalue weighted by Crippen LogP contribution is 2.17. The zero-order valence-electron chi connectivity index (χ0n) is 8.95. The van der Waals surface area contributed by atoms with E-state index >= 15 is 0 Å². The Hall–Kier alpha value is -0.313. The van der Waals surface area contributed by atoms with Gasteiger partial charge in [-0.2, -0.15) is 0 Å². The van der Waals surface area contributed by atoms with Crippen LogP contribution < -0.4 is 10.2 Å². The van der Waals surface area contributed by atoms with Crippen molar-refractivity contribution in [1.82, 2.24) is 4.98 Å². The Kier molecular flexibility index (Phi) is 4.24. The van der Waals surface area contributed by atoms with E-state index in [2.05, 4.69) is 29.2 Å². The van der Waals surface area contributed by atoms with Crippen LogP contribution in [0.5, 0.6) is 0 Å². The third kappa shape index (κ3) is 3.33. The molecule has 0 amide bonds. The van der Waals surface area contributed by atoms with Crippen LogP contribution in [0.15, 0.2) is 30.3 Å².